The van der Waals surface area contributed by atoms with Gasteiger partial charge in [-0.15, -0.1) is 0 Å². The van der Waals surface area contributed by atoms with Crippen LogP contribution in [0, 0.1) is 0 Å². The van der Waals surface area contributed by atoms with E-state index in [9.17, 15) is 0 Å². The van der Waals surface area contributed by atoms with Gasteiger partial charge in [0.25, 0.3) is 0 Å². The molecule has 0 aromatic heterocycles. The average molecular weight is 255 g/mol. The van der Waals surface area contributed by atoms with Crippen LogP contribution in [0.5, 0.6) is 0 Å². The van der Waals surface area contributed by atoms with Crippen molar-refractivity contribution in [1.82, 2.24) is 0 Å². The van der Waals surface area contributed by atoms with Gasteiger partial charge in [-0.25, -0.2) is 0 Å². The maximum absolute atomic E-state index is 8.74. The van der Waals surface area contributed by atoms with Crippen LogP contribution in [-0.2, 0) is 56.1 Å². The molecule has 0 rings (SSSR count). The van der Waals surface area contributed by atoms with Crippen LogP contribution < -0.4 is 0 Å². The van der Waals surface area contributed by atoms with E-state index >= 15 is 0 Å². The number of hydrogen-bond acceptors (Lipinski definition) is 2. The first-order valence-electron chi connectivity index (χ1n) is 0.698. The Labute approximate surface area is 73.1 Å². The first-order chi connectivity index (χ1) is 2.00. The zero-order valence-corrected chi connectivity index (χ0v) is 9.57. The molecule has 0 fully saturated rings. The largest absolute Gasteiger partial charge is 0.394 e. The van der Waals surface area contributed by atoms with Gasteiger partial charge in [0.05, 0.1) is 0 Å². The van der Waals surface area contributed by atoms with Crippen molar-refractivity contribution in [1.29, 1.82) is 0 Å². The Morgan fingerprint density at radius 3 is 1.14 bits per heavy atom. The standard InChI is InChI=1S/H2O4S.Zn.Zr/c1-5(2,3)4;;/h(H2,1,2,3,4);;. The van der Waals surface area contributed by atoms with Crippen LogP contribution >= 0.6 is 0 Å². The predicted molar refractivity (Wildman–Crippen MR) is 14.2 cm³/mol. The van der Waals surface area contributed by atoms with Crippen molar-refractivity contribution in [2.75, 3.05) is 0 Å². The zero-order valence-electron chi connectivity index (χ0n) is 3.33. The van der Waals surface area contributed by atoms with E-state index in [4.69, 9.17) is 17.5 Å². The Hall–Kier alpha value is 1.38. The van der Waals surface area contributed by atoms with Gasteiger partial charge >= 0.3 is 10.4 Å². The van der Waals surface area contributed by atoms with E-state index < -0.39 is 10.4 Å². The van der Waals surface area contributed by atoms with E-state index in [1.807, 2.05) is 0 Å². The summed E-state index contributed by atoms with van der Waals surface area (Å²) in [6.45, 7) is 0. The van der Waals surface area contributed by atoms with Crippen molar-refractivity contribution in [2.24, 2.45) is 0 Å². The van der Waals surface area contributed by atoms with Gasteiger partial charge in [0.2, 0.25) is 0 Å². The summed E-state index contributed by atoms with van der Waals surface area (Å²) in [5.41, 5.74) is 0. The summed E-state index contributed by atoms with van der Waals surface area (Å²) >= 11 is 0. The summed E-state index contributed by atoms with van der Waals surface area (Å²) in [5, 5.41) is 0. The molecule has 2 N–H and O–H groups in total. The van der Waals surface area contributed by atoms with Crippen molar-refractivity contribution in [3.63, 3.8) is 0 Å². The van der Waals surface area contributed by atoms with Gasteiger partial charge in [-0.2, -0.15) is 8.42 Å². The Balaban J connectivity index is -0.0000000800. The van der Waals surface area contributed by atoms with Gasteiger partial charge in [-0.3, -0.25) is 9.11 Å². The molecule has 0 unspecified atom stereocenters. The molecule has 0 saturated carbocycles. The van der Waals surface area contributed by atoms with Crippen LogP contribution in [0.3, 0.4) is 0 Å². The summed E-state index contributed by atoms with van der Waals surface area (Å²) in [6.07, 6.45) is 0. The average Bonchev–Trinajstić information content (AvgIpc) is 0.722. The van der Waals surface area contributed by atoms with Crippen molar-refractivity contribution in [2.45, 2.75) is 0 Å². The molecular formula is H2O4SZnZr. The first kappa shape index (κ1) is 15.8. The molecule has 0 aromatic carbocycles. The second-order valence-electron chi connectivity index (χ2n) is 0.448. The van der Waals surface area contributed by atoms with Crippen molar-refractivity contribution in [3.05, 3.63) is 0 Å². The summed E-state index contributed by atoms with van der Waals surface area (Å²) in [4.78, 5) is 0. The zero-order chi connectivity index (χ0) is 4.50. The van der Waals surface area contributed by atoms with Crippen molar-refractivity contribution in [3.8, 4) is 0 Å². The van der Waals surface area contributed by atoms with Gasteiger partial charge in [-0.05, 0) is 0 Å². The molecule has 0 aliphatic heterocycles. The molecule has 0 aliphatic rings. The minimum absolute atomic E-state index is 0. The van der Waals surface area contributed by atoms with Gasteiger partial charge in [0.15, 0.2) is 0 Å². The van der Waals surface area contributed by atoms with Crippen LogP contribution in [0.4, 0.5) is 0 Å². The monoisotopic (exact) mass is 252 g/mol. The van der Waals surface area contributed by atoms with Gasteiger partial charge in [0.1, 0.15) is 0 Å². The Kier molecular flexibility index (Phi) is 12.4. The first-order valence-corrected chi connectivity index (χ1v) is 2.10. The van der Waals surface area contributed by atoms with E-state index in [-0.39, 0.29) is 45.7 Å². The fourth-order valence-corrected chi connectivity index (χ4v) is 0. The molecular weight excluding hydrogens is 253 g/mol. The number of hydrogen-bond donors (Lipinski definition) is 2. The molecule has 4 nitrogen and oxygen atoms in total. The Morgan fingerprint density at radius 1 is 1.14 bits per heavy atom. The smallest absolute Gasteiger partial charge is 0.264 e. The summed E-state index contributed by atoms with van der Waals surface area (Å²) in [7, 11) is -4.67. The van der Waals surface area contributed by atoms with Crippen LogP contribution in [0.1, 0.15) is 0 Å². The summed E-state index contributed by atoms with van der Waals surface area (Å²) in [5.74, 6) is 0. The number of rotatable bonds is 0. The fraction of sp³-hybridized carbons (Fsp3) is 0. The SMILES string of the molecule is O=S(=O)(O)O.[Zn].[Zr]. The van der Waals surface area contributed by atoms with Crippen LogP contribution in [0.15, 0.2) is 0 Å². The molecule has 0 spiro atoms. The van der Waals surface area contributed by atoms with Crippen molar-refractivity contribution < 1.29 is 63.2 Å². The van der Waals surface area contributed by atoms with E-state index in [0.29, 0.717) is 0 Å². The molecule has 0 aromatic rings. The molecule has 0 heterocycles. The fourth-order valence-electron chi connectivity index (χ4n) is 0. The van der Waals surface area contributed by atoms with E-state index in [1.54, 1.807) is 0 Å². The molecule has 0 bridgehead atoms. The third kappa shape index (κ3) is 113. The second kappa shape index (κ2) is 5.51. The predicted octanol–water partition coefficient (Wildman–Crippen LogP) is -0.658. The minimum atomic E-state index is -4.67. The summed E-state index contributed by atoms with van der Waals surface area (Å²) in [6, 6.07) is 0. The Bertz CT molecular complexity index is 94.9. The van der Waals surface area contributed by atoms with Gasteiger partial charge in [-0.1, -0.05) is 0 Å². The molecule has 0 aliphatic carbocycles. The molecule has 38 valence electrons. The second-order valence-corrected chi connectivity index (χ2v) is 1.34. The van der Waals surface area contributed by atoms with Crippen LogP contribution in [0.25, 0.3) is 0 Å². The van der Waals surface area contributed by atoms with Gasteiger partial charge in [0, 0.05) is 45.7 Å². The maximum Gasteiger partial charge on any atom is 0.394 e. The third-order valence-electron chi connectivity index (χ3n) is 0. The van der Waals surface area contributed by atoms with Crippen LogP contribution in [-0.4, -0.2) is 17.5 Å². The van der Waals surface area contributed by atoms with Gasteiger partial charge < -0.3 is 0 Å². The van der Waals surface area contributed by atoms with E-state index in [1.165, 1.54) is 0 Å². The van der Waals surface area contributed by atoms with E-state index in [2.05, 4.69) is 0 Å². The van der Waals surface area contributed by atoms with Crippen molar-refractivity contribution >= 4 is 10.4 Å². The maximum atomic E-state index is 8.74. The molecule has 7 heteroatoms. The molecule has 0 atom stereocenters. The molecule has 0 saturated heterocycles. The topological polar surface area (TPSA) is 74.6 Å². The normalized spacial score (nSPS) is 8.29. The molecule has 7 heavy (non-hydrogen) atoms. The quantitative estimate of drug-likeness (QED) is 0.445. The molecule has 0 radical (unpaired) electrons. The third-order valence-corrected chi connectivity index (χ3v) is 0. The molecule has 0 amide bonds. The summed E-state index contributed by atoms with van der Waals surface area (Å²) < 4.78 is 31.6. The Morgan fingerprint density at radius 2 is 1.14 bits per heavy atom. The van der Waals surface area contributed by atoms with E-state index in [0.717, 1.165) is 0 Å². The minimum Gasteiger partial charge on any atom is -0.264 e. The van der Waals surface area contributed by atoms with Crippen LogP contribution in [0.2, 0.25) is 0 Å².